The Bertz CT molecular complexity index is 1010. The molecule has 0 fully saturated rings. The number of benzene rings is 1. The Kier molecular flexibility index (Phi) is 6.24. The van der Waals surface area contributed by atoms with Crippen molar-refractivity contribution >= 4 is 28.7 Å². The van der Waals surface area contributed by atoms with Gasteiger partial charge in [0.15, 0.2) is 5.65 Å². The molecule has 0 bridgehead atoms. The number of allylic oxidation sites excluding steroid dienone is 1. The molecular formula is C22H25N5OS. The van der Waals surface area contributed by atoms with Crippen LogP contribution in [0, 0.1) is 0 Å². The van der Waals surface area contributed by atoms with Gasteiger partial charge in [0.2, 0.25) is 5.91 Å². The van der Waals surface area contributed by atoms with E-state index in [1.54, 1.807) is 10.9 Å². The lowest BCUT2D eigenvalue weighted by atomic mass is 9.97. The molecule has 1 aliphatic rings. The highest BCUT2D eigenvalue weighted by Crippen LogP contribution is 2.29. The van der Waals surface area contributed by atoms with Gasteiger partial charge < -0.3 is 5.32 Å². The summed E-state index contributed by atoms with van der Waals surface area (Å²) in [6.07, 6.45) is 11.5. The molecule has 3 aromatic rings. The lowest BCUT2D eigenvalue weighted by Crippen LogP contribution is -2.32. The normalized spacial score (nSPS) is 15.1. The van der Waals surface area contributed by atoms with Crippen molar-refractivity contribution in [3.05, 3.63) is 54.5 Å². The Morgan fingerprint density at radius 2 is 2.10 bits per heavy atom. The lowest BCUT2D eigenvalue weighted by molar-refractivity contribution is -0.120. The summed E-state index contributed by atoms with van der Waals surface area (Å²) in [6.45, 7) is 2.61. The van der Waals surface area contributed by atoms with Gasteiger partial charge in [-0.2, -0.15) is 5.10 Å². The number of para-hydroxylation sites is 1. The predicted molar refractivity (Wildman–Crippen MR) is 116 cm³/mol. The molecule has 7 heteroatoms. The topological polar surface area (TPSA) is 72.7 Å². The van der Waals surface area contributed by atoms with Gasteiger partial charge in [0.1, 0.15) is 11.4 Å². The van der Waals surface area contributed by atoms with Crippen molar-refractivity contribution < 1.29 is 4.79 Å². The van der Waals surface area contributed by atoms with Crippen LogP contribution in [0.4, 0.5) is 0 Å². The fourth-order valence-corrected chi connectivity index (χ4v) is 4.42. The highest BCUT2D eigenvalue weighted by atomic mass is 32.2. The largest absolute Gasteiger partial charge is 0.355 e. The number of rotatable bonds is 7. The van der Waals surface area contributed by atoms with Gasteiger partial charge in [0.25, 0.3) is 0 Å². The minimum absolute atomic E-state index is 0.0358. The van der Waals surface area contributed by atoms with E-state index in [4.69, 9.17) is 0 Å². The van der Waals surface area contributed by atoms with Crippen LogP contribution in [0.5, 0.6) is 0 Å². The van der Waals surface area contributed by atoms with Crippen LogP contribution in [0.25, 0.3) is 16.7 Å². The fourth-order valence-electron chi connectivity index (χ4n) is 3.52. The lowest BCUT2D eigenvalue weighted by Gasteiger charge is -2.15. The summed E-state index contributed by atoms with van der Waals surface area (Å²) in [5, 5.41) is 8.92. The van der Waals surface area contributed by atoms with Crippen LogP contribution in [-0.4, -0.2) is 37.5 Å². The van der Waals surface area contributed by atoms with E-state index < -0.39 is 0 Å². The van der Waals surface area contributed by atoms with Crippen LogP contribution in [0.2, 0.25) is 0 Å². The molecular weight excluding hydrogens is 382 g/mol. The molecule has 0 saturated carbocycles. The number of aromatic nitrogens is 4. The Hall–Kier alpha value is -2.67. The van der Waals surface area contributed by atoms with Gasteiger partial charge in [0.05, 0.1) is 22.5 Å². The molecule has 2 aromatic heterocycles. The van der Waals surface area contributed by atoms with Gasteiger partial charge in [-0.15, -0.1) is 0 Å². The summed E-state index contributed by atoms with van der Waals surface area (Å²) in [4.78, 5) is 21.3. The van der Waals surface area contributed by atoms with Crippen molar-refractivity contribution in [1.82, 2.24) is 25.1 Å². The van der Waals surface area contributed by atoms with Crippen molar-refractivity contribution in [2.45, 2.75) is 49.3 Å². The zero-order valence-corrected chi connectivity index (χ0v) is 17.4. The van der Waals surface area contributed by atoms with Crippen molar-refractivity contribution in [2.24, 2.45) is 0 Å². The summed E-state index contributed by atoms with van der Waals surface area (Å²) in [7, 11) is 0. The molecule has 150 valence electrons. The smallest absolute Gasteiger partial charge is 0.233 e. The van der Waals surface area contributed by atoms with Gasteiger partial charge in [-0.25, -0.2) is 14.6 Å². The highest BCUT2D eigenvalue weighted by molar-refractivity contribution is 8.00. The van der Waals surface area contributed by atoms with Crippen molar-refractivity contribution in [3.8, 4) is 5.69 Å². The van der Waals surface area contributed by atoms with Crippen LogP contribution in [-0.2, 0) is 4.79 Å². The van der Waals surface area contributed by atoms with E-state index in [2.05, 4.69) is 26.5 Å². The Balaban J connectivity index is 1.41. The van der Waals surface area contributed by atoms with Crippen LogP contribution in [0.15, 0.2) is 59.5 Å². The molecule has 29 heavy (non-hydrogen) atoms. The molecule has 1 aliphatic carbocycles. The van der Waals surface area contributed by atoms with Crippen LogP contribution >= 0.6 is 11.8 Å². The number of nitrogens with zero attached hydrogens (tertiary/aromatic N) is 4. The molecule has 1 N–H and O–H groups in total. The second kappa shape index (κ2) is 9.22. The highest BCUT2D eigenvalue weighted by Gasteiger charge is 2.18. The third-order valence-corrected chi connectivity index (χ3v) is 6.23. The van der Waals surface area contributed by atoms with E-state index in [1.165, 1.54) is 49.3 Å². The molecule has 4 rings (SSSR count). The molecule has 0 aliphatic heterocycles. The molecule has 0 saturated heterocycles. The second-order valence-corrected chi connectivity index (χ2v) is 8.55. The Morgan fingerprint density at radius 3 is 2.90 bits per heavy atom. The maximum atomic E-state index is 12.5. The summed E-state index contributed by atoms with van der Waals surface area (Å²) in [5.41, 5.74) is 3.16. The predicted octanol–water partition coefficient (Wildman–Crippen LogP) is 4.30. The third-order valence-electron chi connectivity index (χ3n) is 5.12. The van der Waals surface area contributed by atoms with E-state index in [9.17, 15) is 4.79 Å². The number of nitrogens with one attached hydrogen (secondary N) is 1. The Morgan fingerprint density at radius 1 is 1.24 bits per heavy atom. The van der Waals surface area contributed by atoms with E-state index in [-0.39, 0.29) is 11.2 Å². The first-order valence-corrected chi connectivity index (χ1v) is 11.0. The average Bonchev–Trinajstić information content (AvgIpc) is 3.20. The van der Waals surface area contributed by atoms with E-state index in [1.807, 2.05) is 37.3 Å². The fraction of sp³-hybridized carbons (Fsp3) is 0.364. The molecule has 1 aromatic carbocycles. The van der Waals surface area contributed by atoms with Gasteiger partial charge in [-0.05, 0) is 51.2 Å². The third kappa shape index (κ3) is 4.67. The average molecular weight is 408 g/mol. The number of fused-ring (bicyclic) bond motifs is 1. The van der Waals surface area contributed by atoms with Gasteiger partial charge in [0, 0.05) is 6.54 Å². The minimum Gasteiger partial charge on any atom is -0.355 e. The van der Waals surface area contributed by atoms with Crippen LogP contribution in [0.1, 0.15) is 39.0 Å². The number of carbonyl (C=O) groups excluding carboxylic acids is 1. The number of hydrogen-bond donors (Lipinski definition) is 1. The van der Waals surface area contributed by atoms with Gasteiger partial charge >= 0.3 is 0 Å². The maximum absolute atomic E-state index is 12.5. The first-order chi connectivity index (χ1) is 14.2. The van der Waals surface area contributed by atoms with E-state index in [0.717, 1.165) is 28.2 Å². The minimum atomic E-state index is -0.242. The SMILES string of the molecule is C[C@H](Sc1ncnc2c1cnn2-c1ccccc1)C(=O)NCCC1=CCCCC1. The Labute approximate surface area is 174 Å². The molecule has 0 spiro atoms. The summed E-state index contributed by atoms with van der Waals surface area (Å²) >= 11 is 1.44. The number of amides is 1. The molecule has 1 amide bonds. The molecule has 6 nitrogen and oxygen atoms in total. The number of hydrogen-bond acceptors (Lipinski definition) is 5. The van der Waals surface area contributed by atoms with Gasteiger partial charge in [-0.3, -0.25) is 4.79 Å². The standard InChI is InChI=1S/C22H25N5OS/c1-16(21(28)23-13-12-17-8-4-2-5-9-17)29-22-19-14-26-27(20(19)24-15-25-22)18-10-6-3-7-11-18/h3,6-8,10-11,14-16H,2,4-5,9,12-13H2,1H3,(H,23,28)/t16-/m0/s1. The molecule has 0 radical (unpaired) electrons. The zero-order chi connectivity index (χ0) is 20.1. The molecule has 0 unspecified atom stereocenters. The van der Waals surface area contributed by atoms with Crippen molar-refractivity contribution in [3.63, 3.8) is 0 Å². The van der Waals surface area contributed by atoms with E-state index in [0.29, 0.717) is 6.54 Å². The summed E-state index contributed by atoms with van der Waals surface area (Å²) in [6, 6.07) is 9.87. The first-order valence-electron chi connectivity index (χ1n) is 10.1. The van der Waals surface area contributed by atoms with Crippen LogP contribution < -0.4 is 5.32 Å². The monoisotopic (exact) mass is 407 g/mol. The van der Waals surface area contributed by atoms with Gasteiger partial charge in [-0.1, -0.05) is 41.6 Å². The summed E-state index contributed by atoms with van der Waals surface area (Å²) in [5.74, 6) is 0.0358. The second-order valence-electron chi connectivity index (χ2n) is 7.22. The number of carbonyl (C=O) groups is 1. The number of thioether (sulfide) groups is 1. The van der Waals surface area contributed by atoms with E-state index >= 15 is 0 Å². The zero-order valence-electron chi connectivity index (χ0n) is 16.5. The van der Waals surface area contributed by atoms with Crippen molar-refractivity contribution in [1.29, 1.82) is 0 Å². The quantitative estimate of drug-likeness (QED) is 0.359. The van der Waals surface area contributed by atoms with Crippen LogP contribution in [0.3, 0.4) is 0 Å². The van der Waals surface area contributed by atoms with Crippen molar-refractivity contribution in [2.75, 3.05) is 6.54 Å². The summed E-state index contributed by atoms with van der Waals surface area (Å²) < 4.78 is 1.80. The maximum Gasteiger partial charge on any atom is 0.233 e. The molecule has 1 atom stereocenters. The first kappa shape index (κ1) is 19.6. The molecule has 2 heterocycles.